The normalized spacial score (nSPS) is 15.1. The zero-order chi connectivity index (χ0) is 20.8. The molecule has 0 aromatic carbocycles. The average molecular weight is 397 g/mol. The molecule has 1 unspecified atom stereocenters. The van der Waals surface area contributed by atoms with E-state index in [1.807, 2.05) is 0 Å². The summed E-state index contributed by atoms with van der Waals surface area (Å²) in [6.45, 7) is 2.22. The summed E-state index contributed by atoms with van der Waals surface area (Å²) in [5.74, 6) is -2.10. The van der Waals surface area contributed by atoms with Crippen LogP contribution < -0.4 is 5.73 Å². The molecule has 0 radical (unpaired) electrons. The Kier molecular flexibility index (Phi) is 12.4. The number of hydroxylamine groups is 2. The molecule has 0 aromatic rings. The summed E-state index contributed by atoms with van der Waals surface area (Å²) >= 11 is 0. The molecule has 160 valence electrons. The predicted molar refractivity (Wildman–Crippen MR) is 106 cm³/mol. The SMILES string of the molecule is CCCCCCCCCCCCCC(=O)C(N)CC(=O)ON1C(=O)CCC1=O. The van der Waals surface area contributed by atoms with Crippen LogP contribution in [0.5, 0.6) is 0 Å². The lowest BCUT2D eigenvalue weighted by Gasteiger charge is -2.14. The number of unbranched alkanes of at least 4 members (excludes halogenated alkanes) is 10. The van der Waals surface area contributed by atoms with Gasteiger partial charge in [-0.3, -0.25) is 14.4 Å². The molecule has 0 aromatic heterocycles. The molecular weight excluding hydrogens is 360 g/mol. The number of rotatable bonds is 16. The fourth-order valence-corrected chi connectivity index (χ4v) is 3.24. The Morgan fingerprint density at radius 3 is 1.86 bits per heavy atom. The maximum atomic E-state index is 12.0. The molecule has 0 spiro atoms. The third kappa shape index (κ3) is 9.97. The molecule has 2 N–H and O–H groups in total. The molecule has 0 aliphatic carbocycles. The van der Waals surface area contributed by atoms with E-state index in [0.29, 0.717) is 11.5 Å². The van der Waals surface area contributed by atoms with Gasteiger partial charge < -0.3 is 10.6 Å². The number of imide groups is 1. The van der Waals surface area contributed by atoms with Gasteiger partial charge in [0.15, 0.2) is 0 Å². The van der Waals surface area contributed by atoms with E-state index in [-0.39, 0.29) is 25.0 Å². The van der Waals surface area contributed by atoms with E-state index in [4.69, 9.17) is 10.6 Å². The minimum atomic E-state index is -0.955. The van der Waals surface area contributed by atoms with Crippen LogP contribution in [0.4, 0.5) is 0 Å². The largest absolute Gasteiger partial charge is 0.335 e. The van der Waals surface area contributed by atoms with Gasteiger partial charge in [-0.2, -0.15) is 0 Å². The first kappa shape index (κ1) is 24.3. The minimum absolute atomic E-state index is 0.0377. The van der Waals surface area contributed by atoms with E-state index in [2.05, 4.69) is 6.92 Å². The number of carbonyl (C=O) groups excluding carboxylic acids is 4. The Morgan fingerprint density at radius 1 is 0.893 bits per heavy atom. The van der Waals surface area contributed by atoms with Gasteiger partial charge in [-0.05, 0) is 6.42 Å². The summed E-state index contributed by atoms with van der Waals surface area (Å²) in [4.78, 5) is 51.3. The number of Topliss-reactive ketones (excluding diaryl/α,β-unsaturated/α-hetero) is 1. The highest BCUT2D eigenvalue weighted by atomic mass is 16.7. The molecule has 28 heavy (non-hydrogen) atoms. The van der Waals surface area contributed by atoms with Gasteiger partial charge in [0, 0.05) is 19.3 Å². The Bertz CT molecular complexity index is 505. The Labute approximate surface area is 168 Å². The van der Waals surface area contributed by atoms with Crippen molar-refractivity contribution in [3.63, 3.8) is 0 Å². The third-order valence-corrected chi connectivity index (χ3v) is 5.03. The number of ketones is 1. The van der Waals surface area contributed by atoms with Gasteiger partial charge in [0.05, 0.1) is 12.5 Å². The lowest BCUT2D eigenvalue weighted by Crippen LogP contribution is -2.37. The van der Waals surface area contributed by atoms with Gasteiger partial charge >= 0.3 is 5.97 Å². The number of hydrogen-bond acceptors (Lipinski definition) is 6. The number of nitrogens with zero attached hydrogens (tertiary/aromatic N) is 1. The molecule has 1 saturated heterocycles. The van der Waals surface area contributed by atoms with Crippen LogP contribution in [0.25, 0.3) is 0 Å². The number of carbonyl (C=O) groups is 4. The van der Waals surface area contributed by atoms with Crippen molar-refractivity contribution in [2.24, 2.45) is 5.73 Å². The van der Waals surface area contributed by atoms with Crippen molar-refractivity contribution in [3.05, 3.63) is 0 Å². The standard InChI is InChI=1S/C21H36N2O5/c1-2-3-4-5-6-7-8-9-10-11-12-13-18(24)17(22)16-21(27)28-23-19(25)14-15-20(23)26/h17H,2-16,22H2,1H3. The Balaban J connectivity index is 2.03. The van der Waals surface area contributed by atoms with Crippen molar-refractivity contribution in [3.8, 4) is 0 Å². The van der Waals surface area contributed by atoms with Crippen LogP contribution in [0.15, 0.2) is 0 Å². The molecule has 1 rings (SSSR count). The van der Waals surface area contributed by atoms with E-state index in [1.165, 1.54) is 51.4 Å². The molecule has 0 saturated carbocycles. The Hall–Kier alpha value is -1.76. The second-order valence-electron chi connectivity index (χ2n) is 7.61. The van der Waals surface area contributed by atoms with Crippen LogP contribution in [0.1, 0.15) is 103 Å². The van der Waals surface area contributed by atoms with E-state index in [9.17, 15) is 19.2 Å². The van der Waals surface area contributed by atoms with Gasteiger partial charge in [-0.25, -0.2) is 4.79 Å². The van der Waals surface area contributed by atoms with Gasteiger partial charge in [0.2, 0.25) is 0 Å². The van der Waals surface area contributed by atoms with Crippen LogP contribution in [-0.2, 0) is 24.0 Å². The summed E-state index contributed by atoms with van der Waals surface area (Å²) in [7, 11) is 0. The molecule has 1 heterocycles. The zero-order valence-corrected chi connectivity index (χ0v) is 17.2. The van der Waals surface area contributed by atoms with Gasteiger partial charge in [0.1, 0.15) is 5.78 Å². The van der Waals surface area contributed by atoms with Crippen molar-refractivity contribution in [2.45, 2.75) is 109 Å². The van der Waals surface area contributed by atoms with E-state index < -0.39 is 23.8 Å². The maximum absolute atomic E-state index is 12.0. The molecule has 1 fully saturated rings. The van der Waals surface area contributed by atoms with Crippen molar-refractivity contribution in [2.75, 3.05) is 0 Å². The molecule has 7 heteroatoms. The summed E-state index contributed by atoms with van der Waals surface area (Å²) in [5.41, 5.74) is 5.75. The quantitative estimate of drug-likeness (QED) is 0.316. The van der Waals surface area contributed by atoms with Crippen molar-refractivity contribution < 1.29 is 24.0 Å². The topological polar surface area (TPSA) is 107 Å². The minimum Gasteiger partial charge on any atom is -0.330 e. The first-order valence-corrected chi connectivity index (χ1v) is 10.8. The monoisotopic (exact) mass is 396 g/mol. The van der Waals surface area contributed by atoms with Gasteiger partial charge in [-0.15, -0.1) is 5.06 Å². The number of hydrogen-bond donors (Lipinski definition) is 1. The first-order chi connectivity index (χ1) is 13.5. The highest BCUT2D eigenvalue weighted by Crippen LogP contribution is 2.14. The van der Waals surface area contributed by atoms with Crippen molar-refractivity contribution in [1.82, 2.24) is 5.06 Å². The molecule has 1 aliphatic rings. The van der Waals surface area contributed by atoms with Gasteiger partial charge in [0.25, 0.3) is 11.8 Å². The fraction of sp³-hybridized carbons (Fsp3) is 0.810. The van der Waals surface area contributed by atoms with Crippen LogP contribution in [0.2, 0.25) is 0 Å². The maximum Gasteiger partial charge on any atom is 0.335 e. The highest BCUT2D eigenvalue weighted by molar-refractivity contribution is 6.01. The molecular formula is C21H36N2O5. The molecule has 1 atom stereocenters. The smallest absolute Gasteiger partial charge is 0.330 e. The summed E-state index contributed by atoms with van der Waals surface area (Å²) in [6.07, 6.45) is 13.3. The van der Waals surface area contributed by atoms with Crippen LogP contribution in [-0.4, -0.2) is 34.7 Å². The van der Waals surface area contributed by atoms with Crippen LogP contribution in [0.3, 0.4) is 0 Å². The molecule has 1 aliphatic heterocycles. The summed E-state index contributed by atoms with van der Waals surface area (Å²) in [5, 5.41) is 0.476. The molecule has 0 bridgehead atoms. The molecule has 7 nitrogen and oxygen atoms in total. The summed E-state index contributed by atoms with van der Waals surface area (Å²) in [6, 6.07) is -0.955. The highest BCUT2D eigenvalue weighted by Gasteiger charge is 2.33. The van der Waals surface area contributed by atoms with E-state index in [1.54, 1.807) is 0 Å². The number of nitrogens with two attached hydrogens (primary N) is 1. The van der Waals surface area contributed by atoms with Crippen molar-refractivity contribution in [1.29, 1.82) is 0 Å². The second kappa shape index (κ2) is 14.3. The summed E-state index contributed by atoms with van der Waals surface area (Å²) < 4.78 is 0. The van der Waals surface area contributed by atoms with Crippen molar-refractivity contribution >= 4 is 23.6 Å². The number of amides is 2. The zero-order valence-electron chi connectivity index (χ0n) is 17.2. The lowest BCUT2D eigenvalue weighted by atomic mass is 10.0. The van der Waals surface area contributed by atoms with E-state index >= 15 is 0 Å². The average Bonchev–Trinajstić information content (AvgIpc) is 2.97. The first-order valence-electron chi connectivity index (χ1n) is 10.8. The Morgan fingerprint density at radius 2 is 1.36 bits per heavy atom. The van der Waals surface area contributed by atoms with Gasteiger partial charge in [-0.1, -0.05) is 71.1 Å². The van der Waals surface area contributed by atoms with E-state index in [0.717, 1.165) is 19.3 Å². The van der Waals surface area contributed by atoms with Crippen LogP contribution >= 0.6 is 0 Å². The second-order valence-corrected chi connectivity index (χ2v) is 7.61. The molecule has 2 amide bonds. The third-order valence-electron chi connectivity index (χ3n) is 5.03. The lowest BCUT2D eigenvalue weighted by molar-refractivity contribution is -0.197. The predicted octanol–water partition coefficient (Wildman–Crippen LogP) is 3.58. The van der Waals surface area contributed by atoms with Crippen LogP contribution in [0, 0.1) is 0 Å². The fourth-order valence-electron chi connectivity index (χ4n) is 3.24.